The van der Waals surface area contributed by atoms with Gasteiger partial charge in [-0.1, -0.05) is 6.42 Å². The Bertz CT molecular complexity index is 425. The zero-order valence-corrected chi connectivity index (χ0v) is 13.3. The number of hydrogen-bond acceptors (Lipinski definition) is 3. The molecular weight excluding hydrogens is 248 g/mol. The standard InChI is InChI=1S/C17H28N2O/c1-5-20-15-9-14(10-18-12-15)16-8-6-7-13(16)11-19-17(2,3)4/h9-10,12-13,16,19H,5-8,11H2,1-4H3. The highest BCUT2D eigenvalue weighted by Gasteiger charge is 2.29. The summed E-state index contributed by atoms with van der Waals surface area (Å²) < 4.78 is 5.58. The summed E-state index contributed by atoms with van der Waals surface area (Å²) in [7, 11) is 0. The van der Waals surface area contributed by atoms with Crippen LogP contribution in [0, 0.1) is 5.92 Å². The minimum atomic E-state index is 0.193. The monoisotopic (exact) mass is 276 g/mol. The van der Waals surface area contributed by atoms with Crippen LogP contribution >= 0.6 is 0 Å². The highest BCUT2D eigenvalue weighted by molar-refractivity contribution is 5.27. The summed E-state index contributed by atoms with van der Waals surface area (Å²) in [6.07, 6.45) is 7.73. The van der Waals surface area contributed by atoms with Crippen molar-refractivity contribution in [1.29, 1.82) is 0 Å². The van der Waals surface area contributed by atoms with E-state index in [4.69, 9.17) is 4.74 Å². The maximum Gasteiger partial charge on any atom is 0.137 e. The Kier molecular flexibility index (Phi) is 5.03. The van der Waals surface area contributed by atoms with E-state index in [1.165, 1.54) is 24.8 Å². The van der Waals surface area contributed by atoms with Gasteiger partial charge in [0.15, 0.2) is 0 Å². The second kappa shape index (κ2) is 6.57. The molecule has 1 fully saturated rings. The van der Waals surface area contributed by atoms with E-state index in [1.54, 1.807) is 0 Å². The van der Waals surface area contributed by atoms with Gasteiger partial charge in [-0.15, -0.1) is 0 Å². The quantitative estimate of drug-likeness (QED) is 0.889. The average Bonchev–Trinajstić information content (AvgIpc) is 2.84. The highest BCUT2D eigenvalue weighted by atomic mass is 16.5. The molecule has 0 amide bonds. The lowest BCUT2D eigenvalue weighted by Gasteiger charge is -2.26. The van der Waals surface area contributed by atoms with Crippen molar-refractivity contribution >= 4 is 0 Å². The van der Waals surface area contributed by atoms with Crippen LogP contribution in [0.4, 0.5) is 0 Å². The van der Waals surface area contributed by atoms with Crippen LogP contribution in [0.1, 0.15) is 58.4 Å². The van der Waals surface area contributed by atoms with Crippen molar-refractivity contribution in [2.45, 2.75) is 58.4 Å². The smallest absolute Gasteiger partial charge is 0.137 e. The topological polar surface area (TPSA) is 34.1 Å². The number of rotatable bonds is 5. The van der Waals surface area contributed by atoms with E-state index in [9.17, 15) is 0 Å². The van der Waals surface area contributed by atoms with E-state index >= 15 is 0 Å². The molecule has 1 aromatic heterocycles. The van der Waals surface area contributed by atoms with Crippen LogP contribution in [0.2, 0.25) is 0 Å². The zero-order chi connectivity index (χ0) is 14.6. The van der Waals surface area contributed by atoms with Crippen molar-refractivity contribution in [1.82, 2.24) is 10.3 Å². The lowest BCUT2D eigenvalue weighted by Crippen LogP contribution is -2.39. The number of hydrogen-bond donors (Lipinski definition) is 1. The fraction of sp³-hybridized carbons (Fsp3) is 0.706. The summed E-state index contributed by atoms with van der Waals surface area (Å²) in [5, 5.41) is 3.65. The van der Waals surface area contributed by atoms with Crippen LogP contribution < -0.4 is 10.1 Å². The lowest BCUT2D eigenvalue weighted by molar-refractivity contribution is 0.335. The maximum absolute atomic E-state index is 5.58. The van der Waals surface area contributed by atoms with Gasteiger partial charge in [0.1, 0.15) is 5.75 Å². The third-order valence-corrected chi connectivity index (χ3v) is 4.03. The number of nitrogens with zero attached hydrogens (tertiary/aromatic N) is 1. The summed E-state index contributed by atoms with van der Waals surface area (Å²) in [4.78, 5) is 4.35. The van der Waals surface area contributed by atoms with Crippen LogP contribution in [-0.2, 0) is 0 Å². The third-order valence-electron chi connectivity index (χ3n) is 4.03. The molecule has 0 radical (unpaired) electrons. The molecule has 0 spiro atoms. The van der Waals surface area contributed by atoms with Crippen molar-refractivity contribution in [2.75, 3.05) is 13.2 Å². The summed E-state index contributed by atoms with van der Waals surface area (Å²) in [5.41, 5.74) is 1.53. The molecule has 3 nitrogen and oxygen atoms in total. The van der Waals surface area contributed by atoms with Crippen LogP contribution in [0.3, 0.4) is 0 Å². The van der Waals surface area contributed by atoms with E-state index in [0.717, 1.165) is 12.3 Å². The Hall–Kier alpha value is -1.09. The molecule has 1 aliphatic rings. The molecule has 2 rings (SSSR count). The molecule has 0 bridgehead atoms. The van der Waals surface area contributed by atoms with Crippen LogP contribution in [0.25, 0.3) is 0 Å². The van der Waals surface area contributed by atoms with Gasteiger partial charge in [0.05, 0.1) is 12.8 Å². The first-order valence-electron chi connectivity index (χ1n) is 7.82. The lowest BCUT2D eigenvalue weighted by atomic mass is 9.89. The van der Waals surface area contributed by atoms with Crippen molar-refractivity contribution in [3.63, 3.8) is 0 Å². The summed E-state index contributed by atoms with van der Waals surface area (Å²) >= 11 is 0. The fourth-order valence-electron chi connectivity index (χ4n) is 3.04. The fourth-order valence-corrected chi connectivity index (χ4v) is 3.04. The molecular formula is C17H28N2O. The van der Waals surface area contributed by atoms with Gasteiger partial charge >= 0.3 is 0 Å². The first kappa shape index (κ1) is 15.3. The molecule has 1 heterocycles. The minimum Gasteiger partial charge on any atom is -0.492 e. The van der Waals surface area contributed by atoms with E-state index in [2.05, 4.69) is 37.1 Å². The predicted molar refractivity (Wildman–Crippen MR) is 83.2 cm³/mol. The summed E-state index contributed by atoms with van der Waals surface area (Å²) in [5.74, 6) is 2.24. The molecule has 2 atom stereocenters. The summed E-state index contributed by atoms with van der Waals surface area (Å²) in [6.45, 7) is 10.5. The van der Waals surface area contributed by atoms with Crippen LogP contribution in [0.5, 0.6) is 5.75 Å². The molecule has 1 aliphatic carbocycles. The molecule has 0 aromatic carbocycles. The van der Waals surface area contributed by atoms with Crippen LogP contribution in [0.15, 0.2) is 18.5 Å². The molecule has 3 heteroatoms. The van der Waals surface area contributed by atoms with Gasteiger partial charge in [0.25, 0.3) is 0 Å². The Morgan fingerprint density at radius 2 is 2.10 bits per heavy atom. The van der Waals surface area contributed by atoms with Gasteiger partial charge in [0, 0.05) is 11.7 Å². The van der Waals surface area contributed by atoms with Crippen molar-refractivity contribution < 1.29 is 4.74 Å². The molecule has 1 saturated carbocycles. The first-order valence-corrected chi connectivity index (χ1v) is 7.82. The molecule has 20 heavy (non-hydrogen) atoms. The van der Waals surface area contributed by atoms with E-state index in [1.807, 2.05) is 19.3 Å². The van der Waals surface area contributed by atoms with E-state index in [0.29, 0.717) is 18.4 Å². The maximum atomic E-state index is 5.58. The van der Waals surface area contributed by atoms with Gasteiger partial charge < -0.3 is 10.1 Å². The molecule has 2 unspecified atom stereocenters. The molecule has 1 N–H and O–H groups in total. The highest BCUT2D eigenvalue weighted by Crippen LogP contribution is 2.40. The number of aromatic nitrogens is 1. The average molecular weight is 276 g/mol. The molecule has 112 valence electrons. The molecule has 0 aliphatic heterocycles. The largest absolute Gasteiger partial charge is 0.492 e. The molecule has 1 aromatic rings. The number of ether oxygens (including phenoxy) is 1. The Labute approximate surface area is 123 Å². The SMILES string of the molecule is CCOc1cncc(C2CCCC2CNC(C)(C)C)c1. The number of pyridine rings is 1. The first-order chi connectivity index (χ1) is 9.49. The summed E-state index contributed by atoms with van der Waals surface area (Å²) in [6, 6.07) is 2.18. The van der Waals surface area contributed by atoms with E-state index in [-0.39, 0.29) is 5.54 Å². The van der Waals surface area contributed by atoms with Gasteiger partial charge in [-0.3, -0.25) is 4.98 Å². The third kappa shape index (κ3) is 4.20. The van der Waals surface area contributed by atoms with Gasteiger partial charge in [-0.2, -0.15) is 0 Å². The predicted octanol–water partition coefficient (Wildman–Crippen LogP) is 3.75. The van der Waals surface area contributed by atoms with Crippen molar-refractivity contribution in [2.24, 2.45) is 5.92 Å². The zero-order valence-electron chi connectivity index (χ0n) is 13.3. The Balaban J connectivity index is 2.04. The normalized spacial score (nSPS) is 23.0. The second-order valence-electron chi connectivity index (χ2n) is 6.82. The van der Waals surface area contributed by atoms with E-state index < -0.39 is 0 Å². The number of nitrogens with one attached hydrogen (secondary N) is 1. The van der Waals surface area contributed by atoms with Crippen molar-refractivity contribution in [3.8, 4) is 5.75 Å². The minimum absolute atomic E-state index is 0.193. The van der Waals surface area contributed by atoms with Crippen molar-refractivity contribution in [3.05, 3.63) is 24.0 Å². The van der Waals surface area contributed by atoms with Gasteiger partial charge in [-0.05, 0) is 70.5 Å². The Morgan fingerprint density at radius 1 is 1.30 bits per heavy atom. The van der Waals surface area contributed by atoms with Gasteiger partial charge in [0.2, 0.25) is 0 Å². The van der Waals surface area contributed by atoms with Crippen LogP contribution in [-0.4, -0.2) is 23.7 Å². The Morgan fingerprint density at radius 3 is 2.80 bits per heavy atom. The molecule has 0 saturated heterocycles. The second-order valence-corrected chi connectivity index (χ2v) is 6.82. The van der Waals surface area contributed by atoms with Gasteiger partial charge in [-0.25, -0.2) is 0 Å².